The van der Waals surface area contributed by atoms with E-state index in [1.165, 1.54) is 38.5 Å². The average molecular weight is 346 g/mol. The molecule has 0 aromatic carbocycles. The zero-order chi connectivity index (χ0) is 15.8. The molecule has 0 unspecified atom stereocenters. The summed E-state index contributed by atoms with van der Waals surface area (Å²) in [5.74, 6) is 0. The Labute approximate surface area is 160 Å². The fourth-order valence-electron chi connectivity index (χ4n) is 2.12. The topological polar surface area (TPSA) is 52.6 Å². The van der Waals surface area contributed by atoms with Crippen molar-refractivity contribution in [1.29, 1.82) is 0 Å². The van der Waals surface area contributed by atoms with Gasteiger partial charge in [-0.2, -0.15) is 8.42 Å². The van der Waals surface area contributed by atoms with Gasteiger partial charge in [-0.15, -0.1) is 0 Å². The Morgan fingerprint density at radius 3 is 1.27 bits per heavy atom. The molecule has 0 aliphatic rings. The van der Waals surface area contributed by atoms with E-state index in [4.69, 9.17) is 8.37 Å². The number of unbranched alkanes of at least 4 members (excludes halogenated alkanes) is 10. The van der Waals surface area contributed by atoms with Gasteiger partial charge in [0.05, 0.1) is 13.2 Å². The first kappa shape index (κ1) is 25.1. The van der Waals surface area contributed by atoms with Crippen molar-refractivity contribution >= 4 is 40.0 Å². The van der Waals surface area contributed by atoms with Crippen molar-refractivity contribution in [3.05, 3.63) is 0 Å². The normalized spacial score (nSPS) is 11.4. The summed E-state index contributed by atoms with van der Waals surface area (Å²) in [6.45, 7) is 4.84. The number of hydrogen-bond donors (Lipinski definition) is 0. The number of hydrogen-bond acceptors (Lipinski definition) is 4. The van der Waals surface area contributed by atoms with Crippen LogP contribution in [0.1, 0.15) is 90.9 Å². The SMILES string of the molecule is CCCCCCCCOS(=O)(=O)OCCCCCCCC.[Na]. The molecule has 0 fully saturated rings. The van der Waals surface area contributed by atoms with E-state index in [9.17, 15) is 8.42 Å². The predicted octanol–water partition coefficient (Wildman–Crippen LogP) is 4.60. The van der Waals surface area contributed by atoms with Crippen molar-refractivity contribution in [2.45, 2.75) is 90.9 Å². The average Bonchev–Trinajstić information content (AvgIpc) is 2.45. The molecule has 0 atom stereocenters. The predicted molar refractivity (Wildman–Crippen MR) is 93.3 cm³/mol. The van der Waals surface area contributed by atoms with Crippen LogP contribution in [0.3, 0.4) is 0 Å². The van der Waals surface area contributed by atoms with Gasteiger partial charge < -0.3 is 0 Å². The molecule has 0 aromatic heterocycles. The van der Waals surface area contributed by atoms with Gasteiger partial charge in [0.1, 0.15) is 0 Å². The minimum atomic E-state index is -3.78. The molecule has 0 saturated heterocycles. The summed E-state index contributed by atoms with van der Waals surface area (Å²) >= 11 is 0. The fourth-order valence-corrected chi connectivity index (χ4v) is 2.83. The van der Waals surface area contributed by atoms with Crippen LogP contribution in [0.15, 0.2) is 0 Å². The zero-order valence-electron chi connectivity index (χ0n) is 14.9. The Kier molecular flexibility index (Phi) is 20.8. The second-order valence-corrected chi connectivity index (χ2v) is 6.88. The van der Waals surface area contributed by atoms with E-state index < -0.39 is 10.4 Å². The van der Waals surface area contributed by atoms with Gasteiger partial charge in [-0.1, -0.05) is 78.1 Å². The molecule has 6 heteroatoms. The van der Waals surface area contributed by atoms with Crippen molar-refractivity contribution in [2.24, 2.45) is 0 Å². The maximum Gasteiger partial charge on any atom is 0.399 e. The maximum atomic E-state index is 11.5. The van der Waals surface area contributed by atoms with Crippen LogP contribution in [-0.4, -0.2) is 51.2 Å². The van der Waals surface area contributed by atoms with E-state index >= 15 is 0 Å². The molecule has 22 heavy (non-hydrogen) atoms. The van der Waals surface area contributed by atoms with Gasteiger partial charge in [-0.3, -0.25) is 0 Å². The molecular formula is C16H34NaO4S. The van der Waals surface area contributed by atoms with Crippen LogP contribution in [0.2, 0.25) is 0 Å². The van der Waals surface area contributed by atoms with E-state index in [1.807, 2.05) is 0 Å². The summed E-state index contributed by atoms with van der Waals surface area (Å²) < 4.78 is 32.6. The van der Waals surface area contributed by atoms with E-state index in [0.29, 0.717) is 0 Å². The molecule has 0 aromatic rings. The minimum absolute atomic E-state index is 0. The minimum Gasteiger partial charge on any atom is -0.248 e. The molecule has 0 aliphatic heterocycles. The first-order chi connectivity index (χ1) is 10.1. The van der Waals surface area contributed by atoms with Crippen LogP contribution in [-0.2, 0) is 18.8 Å². The molecule has 129 valence electrons. The van der Waals surface area contributed by atoms with Crippen molar-refractivity contribution < 1.29 is 16.8 Å². The molecular weight excluding hydrogens is 311 g/mol. The second-order valence-electron chi connectivity index (χ2n) is 5.59. The first-order valence-corrected chi connectivity index (χ1v) is 9.99. The molecule has 0 N–H and O–H groups in total. The second kappa shape index (κ2) is 18.2. The van der Waals surface area contributed by atoms with E-state index in [0.717, 1.165) is 38.5 Å². The molecule has 0 rings (SSSR count). The van der Waals surface area contributed by atoms with Crippen LogP contribution >= 0.6 is 0 Å². The van der Waals surface area contributed by atoms with Crippen LogP contribution in [0, 0.1) is 0 Å². The maximum absolute atomic E-state index is 11.5. The van der Waals surface area contributed by atoms with Crippen LogP contribution in [0.4, 0.5) is 0 Å². The van der Waals surface area contributed by atoms with Gasteiger partial charge in [0.25, 0.3) is 0 Å². The van der Waals surface area contributed by atoms with Crippen molar-refractivity contribution in [3.63, 3.8) is 0 Å². The summed E-state index contributed by atoms with van der Waals surface area (Å²) in [6.07, 6.45) is 13.3. The molecule has 0 saturated carbocycles. The monoisotopic (exact) mass is 345 g/mol. The van der Waals surface area contributed by atoms with Gasteiger partial charge in [0, 0.05) is 29.6 Å². The zero-order valence-corrected chi connectivity index (χ0v) is 17.8. The third-order valence-corrected chi connectivity index (χ3v) is 4.36. The van der Waals surface area contributed by atoms with Gasteiger partial charge in [-0.25, -0.2) is 8.37 Å². The molecule has 0 aliphatic carbocycles. The van der Waals surface area contributed by atoms with Gasteiger partial charge in [0.2, 0.25) is 0 Å². The Morgan fingerprint density at radius 1 is 0.591 bits per heavy atom. The Hall–Kier alpha value is 0.870. The summed E-state index contributed by atoms with van der Waals surface area (Å²) in [7, 11) is -3.78. The Balaban J connectivity index is 0. The quantitative estimate of drug-likeness (QED) is 0.303. The van der Waals surface area contributed by atoms with Crippen molar-refractivity contribution in [3.8, 4) is 0 Å². The number of rotatable bonds is 16. The summed E-state index contributed by atoms with van der Waals surface area (Å²) in [6, 6.07) is 0. The smallest absolute Gasteiger partial charge is 0.248 e. The third kappa shape index (κ3) is 18.9. The third-order valence-electron chi connectivity index (χ3n) is 3.45. The molecule has 0 amide bonds. The largest absolute Gasteiger partial charge is 0.399 e. The van der Waals surface area contributed by atoms with Crippen molar-refractivity contribution in [1.82, 2.24) is 0 Å². The van der Waals surface area contributed by atoms with E-state index in [-0.39, 0.29) is 42.8 Å². The van der Waals surface area contributed by atoms with E-state index in [2.05, 4.69) is 13.8 Å². The summed E-state index contributed by atoms with van der Waals surface area (Å²) in [5, 5.41) is 0. The van der Waals surface area contributed by atoms with Gasteiger partial charge >= 0.3 is 10.4 Å². The van der Waals surface area contributed by atoms with E-state index in [1.54, 1.807) is 0 Å². The Morgan fingerprint density at radius 2 is 0.909 bits per heavy atom. The van der Waals surface area contributed by atoms with Crippen LogP contribution in [0.25, 0.3) is 0 Å². The molecule has 4 nitrogen and oxygen atoms in total. The molecule has 0 bridgehead atoms. The Bertz CT molecular complexity index is 283. The molecule has 0 spiro atoms. The van der Waals surface area contributed by atoms with Crippen LogP contribution in [0.5, 0.6) is 0 Å². The molecule has 0 heterocycles. The van der Waals surface area contributed by atoms with Crippen LogP contribution < -0.4 is 0 Å². The first-order valence-electron chi connectivity index (χ1n) is 8.66. The van der Waals surface area contributed by atoms with Gasteiger partial charge in [0.15, 0.2) is 0 Å². The van der Waals surface area contributed by atoms with Crippen molar-refractivity contribution in [2.75, 3.05) is 13.2 Å². The fraction of sp³-hybridized carbons (Fsp3) is 1.00. The summed E-state index contributed by atoms with van der Waals surface area (Å²) in [5.41, 5.74) is 0. The molecule has 1 radical (unpaired) electrons. The summed E-state index contributed by atoms with van der Waals surface area (Å²) in [4.78, 5) is 0. The standard InChI is InChI=1S/C16H34O4S.Na/c1-3-5-7-9-11-13-15-19-21(17,18)20-16-14-12-10-8-6-4-2;/h3-16H2,1-2H3;. The van der Waals surface area contributed by atoms with Gasteiger partial charge in [-0.05, 0) is 12.8 Å².